The van der Waals surface area contributed by atoms with Crippen LogP contribution in [0.3, 0.4) is 0 Å². The number of hydrogen-bond donors (Lipinski definition) is 1. The summed E-state index contributed by atoms with van der Waals surface area (Å²) >= 11 is 0. The highest BCUT2D eigenvalue weighted by atomic mass is 14.8. The molecular formula is C8H15N. The first-order chi connectivity index (χ1) is 4.41. The van der Waals surface area contributed by atoms with E-state index in [0.29, 0.717) is 0 Å². The van der Waals surface area contributed by atoms with Crippen LogP contribution in [0.5, 0.6) is 0 Å². The zero-order chi connectivity index (χ0) is 6.95. The molecule has 52 valence electrons. The van der Waals surface area contributed by atoms with Crippen LogP contribution in [0.25, 0.3) is 0 Å². The third-order valence-electron chi connectivity index (χ3n) is 1.17. The van der Waals surface area contributed by atoms with Crippen LogP contribution in [-0.4, -0.2) is 13.1 Å². The van der Waals surface area contributed by atoms with E-state index >= 15 is 0 Å². The number of unbranched alkanes of at least 4 members (excludes halogenated alkanes) is 2. The van der Waals surface area contributed by atoms with Crippen molar-refractivity contribution >= 4 is 0 Å². The fraction of sp³-hybridized carbons (Fsp3) is 0.750. The Hall–Kier alpha value is -0.480. The SMILES string of the molecule is C#CCCCCNCC. The van der Waals surface area contributed by atoms with Crippen LogP contribution in [-0.2, 0) is 0 Å². The third-order valence-corrected chi connectivity index (χ3v) is 1.17. The molecule has 0 atom stereocenters. The highest BCUT2D eigenvalue weighted by Gasteiger charge is 1.83. The van der Waals surface area contributed by atoms with Gasteiger partial charge >= 0.3 is 0 Å². The second kappa shape index (κ2) is 7.52. The highest BCUT2D eigenvalue weighted by molar-refractivity contribution is 4.82. The average Bonchev–Trinajstić information content (AvgIpc) is 1.89. The largest absolute Gasteiger partial charge is 0.317 e. The van der Waals surface area contributed by atoms with Crippen LogP contribution in [0.2, 0.25) is 0 Å². The molecule has 0 saturated heterocycles. The number of nitrogens with one attached hydrogen (secondary N) is 1. The van der Waals surface area contributed by atoms with Gasteiger partial charge in [0.05, 0.1) is 0 Å². The van der Waals surface area contributed by atoms with Gasteiger partial charge in [-0.2, -0.15) is 0 Å². The van der Waals surface area contributed by atoms with E-state index in [1.54, 1.807) is 0 Å². The molecule has 0 fully saturated rings. The summed E-state index contributed by atoms with van der Waals surface area (Å²) in [5, 5.41) is 3.24. The van der Waals surface area contributed by atoms with Crippen LogP contribution >= 0.6 is 0 Å². The summed E-state index contributed by atoms with van der Waals surface area (Å²) in [5.74, 6) is 2.62. The molecule has 0 aliphatic carbocycles. The minimum Gasteiger partial charge on any atom is -0.317 e. The molecule has 9 heavy (non-hydrogen) atoms. The molecule has 1 nitrogen and oxygen atoms in total. The second-order valence-electron chi connectivity index (χ2n) is 2.01. The molecule has 0 unspecified atom stereocenters. The van der Waals surface area contributed by atoms with Gasteiger partial charge < -0.3 is 5.32 Å². The fourth-order valence-corrected chi connectivity index (χ4v) is 0.654. The lowest BCUT2D eigenvalue weighted by Gasteiger charge is -1.97. The van der Waals surface area contributed by atoms with Crippen LogP contribution in [0.15, 0.2) is 0 Å². The first-order valence-corrected chi connectivity index (χ1v) is 3.56. The molecule has 0 aromatic carbocycles. The summed E-state index contributed by atoms with van der Waals surface area (Å²) in [6.45, 7) is 4.29. The van der Waals surface area contributed by atoms with E-state index in [9.17, 15) is 0 Å². The molecule has 0 saturated carbocycles. The van der Waals surface area contributed by atoms with Gasteiger partial charge in [-0.3, -0.25) is 0 Å². The molecule has 0 bridgehead atoms. The summed E-state index contributed by atoms with van der Waals surface area (Å²) in [6, 6.07) is 0. The first kappa shape index (κ1) is 8.52. The molecule has 1 heteroatoms. The lowest BCUT2D eigenvalue weighted by atomic mass is 10.2. The Morgan fingerprint density at radius 1 is 1.44 bits per heavy atom. The Morgan fingerprint density at radius 3 is 2.78 bits per heavy atom. The predicted octanol–water partition coefficient (Wildman–Crippen LogP) is 1.40. The van der Waals surface area contributed by atoms with Crippen LogP contribution in [0.1, 0.15) is 26.2 Å². The smallest absolute Gasteiger partial charge is 0.00865 e. The van der Waals surface area contributed by atoms with Gasteiger partial charge in [-0.15, -0.1) is 12.3 Å². The van der Waals surface area contributed by atoms with E-state index in [2.05, 4.69) is 18.2 Å². The quantitative estimate of drug-likeness (QED) is 0.432. The van der Waals surface area contributed by atoms with Crippen molar-refractivity contribution in [1.82, 2.24) is 5.32 Å². The number of rotatable bonds is 5. The van der Waals surface area contributed by atoms with Gasteiger partial charge in [0.1, 0.15) is 0 Å². The van der Waals surface area contributed by atoms with Gasteiger partial charge in [-0.1, -0.05) is 6.92 Å². The molecular weight excluding hydrogens is 110 g/mol. The zero-order valence-electron chi connectivity index (χ0n) is 6.11. The molecule has 0 rings (SSSR count). The second-order valence-corrected chi connectivity index (χ2v) is 2.01. The molecule has 0 aliphatic heterocycles. The Kier molecular flexibility index (Phi) is 7.12. The number of hydrogen-bond acceptors (Lipinski definition) is 1. The zero-order valence-corrected chi connectivity index (χ0v) is 6.11. The van der Waals surface area contributed by atoms with Gasteiger partial charge in [0.25, 0.3) is 0 Å². The van der Waals surface area contributed by atoms with Crippen molar-refractivity contribution in [2.75, 3.05) is 13.1 Å². The van der Waals surface area contributed by atoms with Gasteiger partial charge in [0.15, 0.2) is 0 Å². The summed E-state index contributed by atoms with van der Waals surface area (Å²) in [6.07, 6.45) is 8.36. The molecule has 0 heterocycles. The van der Waals surface area contributed by atoms with Crippen molar-refractivity contribution in [2.45, 2.75) is 26.2 Å². The normalized spacial score (nSPS) is 8.89. The Bertz CT molecular complexity index is 81.1. The van der Waals surface area contributed by atoms with Crippen molar-refractivity contribution < 1.29 is 0 Å². The number of terminal acetylenes is 1. The van der Waals surface area contributed by atoms with Crippen molar-refractivity contribution in [2.24, 2.45) is 0 Å². The van der Waals surface area contributed by atoms with E-state index in [1.165, 1.54) is 6.42 Å². The molecule has 0 aliphatic rings. The van der Waals surface area contributed by atoms with E-state index < -0.39 is 0 Å². The van der Waals surface area contributed by atoms with Crippen molar-refractivity contribution in [3.63, 3.8) is 0 Å². The van der Waals surface area contributed by atoms with E-state index in [4.69, 9.17) is 6.42 Å². The van der Waals surface area contributed by atoms with Gasteiger partial charge in [-0.25, -0.2) is 0 Å². The van der Waals surface area contributed by atoms with Crippen molar-refractivity contribution in [3.05, 3.63) is 0 Å². The Morgan fingerprint density at radius 2 is 2.22 bits per heavy atom. The van der Waals surface area contributed by atoms with E-state index in [0.717, 1.165) is 25.9 Å². The van der Waals surface area contributed by atoms with E-state index in [-0.39, 0.29) is 0 Å². The van der Waals surface area contributed by atoms with Crippen molar-refractivity contribution in [1.29, 1.82) is 0 Å². The molecule has 0 radical (unpaired) electrons. The predicted molar refractivity (Wildman–Crippen MR) is 41.2 cm³/mol. The van der Waals surface area contributed by atoms with E-state index in [1.807, 2.05) is 0 Å². The third kappa shape index (κ3) is 7.52. The van der Waals surface area contributed by atoms with Crippen LogP contribution < -0.4 is 5.32 Å². The Balaban J connectivity index is 2.69. The van der Waals surface area contributed by atoms with Crippen LogP contribution in [0, 0.1) is 12.3 Å². The topological polar surface area (TPSA) is 12.0 Å². The summed E-state index contributed by atoms with van der Waals surface area (Å²) in [7, 11) is 0. The standard InChI is InChI=1S/C8H15N/c1-3-5-6-7-8-9-4-2/h1,9H,4-8H2,2H3. The molecule has 0 spiro atoms. The maximum Gasteiger partial charge on any atom is 0.00865 e. The summed E-state index contributed by atoms with van der Waals surface area (Å²) in [5.41, 5.74) is 0. The highest BCUT2D eigenvalue weighted by Crippen LogP contribution is 1.90. The first-order valence-electron chi connectivity index (χ1n) is 3.56. The minimum atomic E-state index is 0.922. The maximum atomic E-state index is 5.07. The lowest BCUT2D eigenvalue weighted by molar-refractivity contribution is 0.649. The fourth-order valence-electron chi connectivity index (χ4n) is 0.654. The summed E-state index contributed by atoms with van der Waals surface area (Å²) in [4.78, 5) is 0. The molecule has 1 N–H and O–H groups in total. The maximum absolute atomic E-state index is 5.07. The van der Waals surface area contributed by atoms with Crippen LogP contribution in [0.4, 0.5) is 0 Å². The minimum absolute atomic E-state index is 0.922. The molecule has 0 aromatic rings. The molecule has 0 aromatic heterocycles. The lowest BCUT2D eigenvalue weighted by Crippen LogP contribution is -2.13. The van der Waals surface area contributed by atoms with Gasteiger partial charge in [0, 0.05) is 6.42 Å². The van der Waals surface area contributed by atoms with Crippen molar-refractivity contribution in [3.8, 4) is 12.3 Å². The monoisotopic (exact) mass is 125 g/mol. The molecule has 0 amide bonds. The van der Waals surface area contributed by atoms with Gasteiger partial charge in [0.2, 0.25) is 0 Å². The average molecular weight is 125 g/mol. The Labute approximate surface area is 57.8 Å². The van der Waals surface area contributed by atoms with Gasteiger partial charge in [-0.05, 0) is 25.9 Å². The summed E-state index contributed by atoms with van der Waals surface area (Å²) < 4.78 is 0.